The maximum absolute atomic E-state index is 10.7. The van der Waals surface area contributed by atoms with E-state index in [0.29, 0.717) is 12.4 Å². The van der Waals surface area contributed by atoms with E-state index in [1.54, 1.807) is 30.2 Å². The van der Waals surface area contributed by atoms with Crippen molar-refractivity contribution in [1.29, 1.82) is 0 Å². The summed E-state index contributed by atoms with van der Waals surface area (Å²) in [6.45, 7) is 0.455. The fraction of sp³-hybridized carbons (Fsp3) is 0.222. The van der Waals surface area contributed by atoms with Gasteiger partial charge in [0.2, 0.25) is 12.1 Å². The Morgan fingerprint density at radius 2 is 2.50 bits per heavy atom. The van der Waals surface area contributed by atoms with Crippen molar-refractivity contribution in [2.45, 2.75) is 6.54 Å². The first-order valence-corrected chi connectivity index (χ1v) is 4.59. The van der Waals surface area contributed by atoms with Crippen molar-refractivity contribution in [2.75, 3.05) is 5.32 Å². The third-order valence-corrected chi connectivity index (χ3v) is 2.13. The van der Waals surface area contributed by atoms with Gasteiger partial charge in [-0.25, -0.2) is 0 Å². The van der Waals surface area contributed by atoms with E-state index in [2.05, 4.69) is 10.3 Å². The number of nitrogens with one attached hydrogen (secondary N) is 1. The van der Waals surface area contributed by atoms with Gasteiger partial charge in [0.25, 0.3) is 0 Å². The molecule has 1 N–H and O–H groups in total. The SMILES string of the molecule is Cn1cnc([N+](=O)[O-])c1NCc1ccoc1. The molecule has 7 heteroatoms. The molecule has 0 radical (unpaired) electrons. The maximum Gasteiger partial charge on any atom is 0.406 e. The van der Waals surface area contributed by atoms with Crippen LogP contribution in [-0.2, 0) is 13.6 Å². The number of imidazole rings is 1. The molecule has 0 atom stereocenters. The summed E-state index contributed by atoms with van der Waals surface area (Å²) in [6, 6.07) is 1.79. The molecular formula is C9H10N4O3. The molecule has 0 saturated carbocycles. The maximum atomic E-state index is 10.7. The molecule has 0 amide bonds. The van der Waals surface area contributed by atoms with E-state index in [1.807, 2.05) is 0 Å². The van der Waals surface area contributed by atoms with E-state index in [1.165, 1.54) is 6.33 Å². The van der Waals surface area contributed by atoms with E-state index in [0.717, 1.165) is 5.56 Å². The normalized spacial score (nSPS) is 10.3. The summed E-state index contributed by atoms with van der Waals surface area (Å²) in [4.78, 5) is 13.8. The molecule has 0 aliphatic rings. The largest absolute Gasteiger partial charge is 0.472 e. The van der Waals surface area contributed by atoms with Crippen molar-refractivity contribution < 1.29 is 9.34 Å². The predicted molar refractivity (Wildman–Crippen MR) is 55.9 cm³/mol. The van der Waals surface area contributed by atoms with Crippen molar-refractivity contribution >= 4 is 11.6 Å². The number of nitrogens with zero attached hydrogens (tertiary/aromatic N) is 3. The lowest BCUT2D eigenvalue weighted by atomic mass is 10.3. The van der Waals surface area contributed by atoms with Gasteiger partial charge in [0.15, 0.2) is 0 Å². The van der Waals surface area contributed by atoms with Gasteiger partial charge >= 0.3 is 5.82 Å². The summed E-state index contributed by atoms with van der Waals surface area (Å²) >= 11 is 0. The number of furan rings is 1. The Balaban J connectivity index is 2.14. The van der Waals surface area contributed by atoms with Gasteiger partial charge in [-0.2, -0.15) is 0 Å². The highest BCUT2D eigenvalue weighted by molar-refractivity contribution is 5.52. The minimum atomic E-state index is -0.516. The van der Waals surface area contributed by atoms with Crippen LogP contribution in [0.1, 0.15) is 5.56 Å². The van der Waals surface area contributed by atoms with E-state index in [9.17, 15) is 10.1 Å². The van der Waals surface area contributed by atoms with Crippen molar-refractivity contribution in [3.8, 4) is 0 Å². The monoisotopic (exact) mass is 222 g/mol. The van der Waals surface area contributed by atoms with Crippen LogP contribution in [0, 0.1) is 10.1 Å². The van der Waals surface area contributed by atoms with E-state index in [-0.39, 0.29) is 5.82 Å². The fourth-order valence-electron chi connectivity index (χ4n) is 1.33. The van der Waals surface area contributed by atoms with Gasteiger partial charge in [0, 0.05) is 19.2 Å². The molecule has 0 unspecified atom stereocenters. The van der Waals surface area contributed by atoms with Crippen LogP contribution in [0.2, 0.25) is 0 Å². The van der Waals surface area contributed by atoms with Crippen LogP contribution in [0.15, 0.2) is 29.3 Å². The topological polar surface area (TPSA) is 86.1 Å². The quantitative estimate of drug-likeness (QED) is 0.626. The van der Waals surface area contributed by atoms with Crippen molar-refractivity contribution in [1.82, 2.24) is 9.55 Å². The van der Waals surface area contributed by atoms with E-state index >= 15 is 0 Å². The Labute approximate surface area is 90.9 Å². The summed E-state index contributed by atoms with van der Waals surface area (Å²) < 4.78 is 6.46. The van der Waals surface area contributed by atoms with E-state index in [4.69, 9.17) is 4.42 Å². The standard InChI is InChI=1S/C9H10N4O3/c1-12-6-11-9(13(14)15)8(12)10-4-7-2-3-16-5-7/h2-3,5-6,10H,4H2,1H3. The molecule has 0 aliphatic carbocycles. The van der Waals surface area contributed by atoms with Crippen LogP contribution in [0.5, 0.6) is 0 Å². The van der Waals surface area contributed by atoms with Crippen molar-refractivity contribution in [3.63, 3.8) is 0 Å². The summed E-state index contributed by atoms with van der Waals surface area (Å²) in [7, 11) is 1.69. The second-order valence-electron chi connectivity index (χ2n) is 3.27. The van der Waals surface area contributed by atoms with Crippen LogP contribution in [0.25, 0.3) is 0 Å². The van der Waals surface area contributed by atoms with Crippen molar-refractivity contribution in [3.05, 3.63) is 40.6 Å². The number of nitro groups is 1. The highest BCUT2D eigenvalue weighted by atomic mass is 16.6. The average Bonchev–Trinajstić information content (AvgIpc) is 2.84. The molecule has 2 aromatic rings. The highest BCUT2D eigenvalue weighted by Crippen LogP contribution is 2.21. The first-order chi connectivity index (χ1) is 7.68. The van der Waals surface area contributed by atoms with Crippen LogP contribution in [0.3, 0.4) is 0 Å². The Morgan fingerprint density at radius 3 is 3.12 bits per heavy atom. The fourth-order valence-corrected chi connectivity index (χ4v) is 1.33. The molecule has 0 fully saturated rings. The molecule has 0 aromatic carbocycles. The molecule has 0 saturated heterocycles. The third-order valence-electron chi connectivity index (χ3n) is 2.13. The van der Waals surface area contributed by atoms with Crippen LogP contribution < -0.4 is 5.32 Å². The lowest BCUT2D eigenvalue weighted by Gasteiger charge is -2.03. The molecule has 7 nitrogen and oxygen atoms in total. The summed E-state index contributed by atoms with van der Waals surface area (Å²) in [5.74, 6) is 0.206. The number of hydrogen-bond donors (Lipinski definition) is 1. The molecule has 0 spiro atoms. The Morgan fingerprint density at radius 1 is 1.69 bits per heavy atom. The van der Waals surface area contributed by atoms with Gasteiger partial charge in [-0.1, -0.05) is 0 Å². The molecule has 2 heterocycles. The van der Waals surface area contributed by atoms with Crippen LogP contribution in [-0.4, -0.2) is 14.5 Å². The molecule has 16 heavy (non-hydrogen) atoms. The average molecular weight is 222 g/mol. The second-order valence-corrected chi connectivity index (χ2v) is 3.27. The first-order valence-electron chi connectivity index (χ1n) is 4.59. The third kappa shape index (κ3) is 1.88. The number of aromatic nitrogens is 2. The summed E-state index contributed by atoms with van der Waals surface area (Å²) in [5.41, 5.74) is 0.912. The molecule has 2 rings (SSSR count). The van der Waals surface area contributed by atoms with Crippen LogP contribution in [0.4, 0.5) is 11.6 Å². The van der Waals surface area contributed by atoms with E-state index < -0.39 is 4.92 Å². The van der Waals surface area contributed by atoms with Gasteiger partial charge in [0.05, 0.1) is 12.5 Å². The number of hydrogen-bond acceptors (Lipinski definition) is 5. The molecule has 84 valence electrons. The van der Waals surface area contributed by atoms with Gasteiger partial charge in [-0.15, -0.1) is 0 Å². The van der Waals surface area contributed by atoms with Gasteiger partial charge in [-0.3, -0.25) is 4.57 Å². The zero-order valence-corrected chi connectivity index (χ0v) is 8.58. The van der Waals surface area contributed by atoms with Crippen molar-refractivity contribution in [2.24, 2.45) is 7.05 Å². The number of aryl methyl sites for hydroxylation is 1. The highest BCUT2D eigenvalue weighted by Gasteiger charge is 2.19. The van der Waals surface area contributed by atoms with Gasteiger partial charge in [0.1, 0.15) is 0 Å². The second kappa shape index (κ2) is 4.05. The molecule has 0 aliphatic heterocycles. The minimum Gasteiger partial charge on any atom is -0.472 e. The Bertz CT molecular complexity index is 489. The zero-order chi connectivity index (χ0) is 11.5. The van der Waals surface area contributed by atoms with Gasteiger partial charge < -0.3 is 19.8 Å². The molecule has 2 aromatic heterocycles. The van der Waals surface area contributed by atoms with Gasteiger partial charge in [-0.05, 0) is 16.0 Å². The summed E-state index contributed by atoms with van der Waals surface area (Å²) in [5, 5.41) is 13.6. The lowest BCUT2D eigenvalue weighted by Crippen LogP contribution is -2.05. The number of rotatable bonds is 4. The number of anilines is 1. The van der Waals surface area contributed by atoms with Crippen LogP contribution >= 0.6 is 0 Å². The lowest BCUT2D eigenvalue weighted by molar-refractivity contribution is -0.388. The first kappa shape index (κ1) is 10.2. The Kier molecular flexibility index (Phi) is 2.59. The molecule has 0 bridgehead atoms. The zero-order valence-electron chi connectivity index (χ0n) is 8.58. The molecular weight excluding hydrogens is 212 g/mol. The smallest absolute Gasteiger partial charge is 0.406 e. The minimum absolute atomic E-state index is 0.175. The Hall–Kier alpha value is -2.31. The predicted octanol–water partition coefficient (Wildman–Crippen LogP) is 1.53. The summed E-state index contributed by atoms with van der Waals surface area (Å²) in [6.07, 6.45) is 4.53.